The second-order valence-corrected chi connectivity index (χ2v) is 6.42. The van der Waals surface area contributed by atoms with Crippen LogP contribution in [-0.4, -0.2) is 22.5 Å². The molecule has 0 radical (unpaired) electrons. The fraction of sp³-hybridized carbons (Fsp3) is 0.238. The van der Waals surface area contributed by atoms with Crippen molar-refractivity contribution < 1.29 is 4.79 Å². The van der Waals surface area contributed by atoms with Crippen molar-refractivity contribution in [1.29, 1.82) is 0 Å². The van der Waals surface area contributed by atoms with Gasteiger partial charge in [0.1, 0.15) is 0 Å². The Morgan fingerprint density at radius 3 is 2.58 bits per heavy atom. The molecule has 3 aromatic rings. The quantitative estimate of drug-likeness (QED) is 0.722. The maximum Gasteiger partial charge on any atom is 0.322 e. The number of urea groups is 1. The Kier molecular flexibility index (Phi) is 5.37. The predicted octanol–water partition coefficient (Wildman–Crippen LogP) is 4.28. The molecule has 5 nitrogen and oxygen atoms in total. The van der Waals surface area contributed by atoms with Crippen LogP contribution in [0.5, 0.6) is 0 Å². The molecule has 134 valence electrons. The Bertz CT molecular complexity index is 961. The maximum atomic E-state index is 12.7. The van der Waals surface area contributed by atoms with E-state index in [1.165, 1.54) is 0 Å². The molecule has 0 saturated carbocycles. The molecule has 26 heavy (non-hydrogen) atoms. The van der Waals surface area contributed by atoms with Crippen LogP contribution < -0.4 is 10.9 Å². The summed E-state index contributed by atoms with van der Waals surface area (Å²) in [5, 5.41) is 3.89. The van der Waals surface area contributed by atoms with Gasteiger partial charge in [-0.3, -0.25) is 4.79 Å². The first-order chi connectivity index (χ1) is 12.6. The third-order valence-electron chi connectivity index (χ3n) is 4.28. The van der Waals surface area contributed by atoms with Gasteiger partial charge in [-0.2, -0.15) is 0 Å². The third kappa shape index (κ3) is 4.11. The van der Waals surface area contributed by atoms with Crippen LogP contribution >= 0.6 is 0 Å². The van der Waals surface area contributed by atoms with Gasteiger partial charge >= 0.3 is 6.03 Å². The molecule has 2 amide bonds. The molecule has 0 aliphatic heterocycles. The summed E-state index contributed by atoms with van der Waals surface area (Å²) in [6, 6.07) is 16.8. The second kappa shape index (κ2) is 7.87. The minimum atomic E-state index is -0.167. The van der Waals surface area contributed by atoms with Gasteiger partial charge in [0.15, 0.2) is 0 Å². The molecular weight excluding hydrogens is 326 g/mol. The van der Waals surface area contributed by atoms with Crippen molar-refractivity contribution in [3.63, 3.8) is 0 Å². The van der Waals surface area contributed by atoms with E-state index >= 15 is 0 Å². The number of hydrogen-bond donors (Lipinski definition) is 2. The van der Waals surface area contributed by atoms with Crippen LogP contribution in [0.1, 0.15) is 24.5 Å². The van der Waals surface area contributed by atoms with E-state index in [9.17, 15) is 9.59 Å². The summed E-state index contributed by atoms with van der Waals surface area (Å²) in [6.07, 6.45) is 0.836. The maximum absolute atomic E-state index is 12.7. The van der Waals surface area contributed by atoms with Gasteiger partial charge in [-0.1, -0.05) is 42.8 Å². The van der Waals surface area contributed by atoms with Gasteiger partial charge in [0, 0.05) is 35.7 Å². The molecular formula is C21H23N3O2. The highest BCUT2D eigenvalue weighted by atomic mass is 16.2. The zero-order chi connectivity index (χ0) is 18.5. The zero-order valence-corrected chi connectivity index (χ0v) is 15.1. The summed E-state index contributed by atoms with van der Waals surface area (Å²) in [5.41, 5.74) is 3.37. The van der Waals surface area contributed by atoms with Crippen LogP contribution in [0.2, 0.25) is 0 Å². The summed E-state index contributed by atoms with van der Waals surface area (Å²) in [7, 11) is 0. The number of anilines is 1. The molecule has 2 aromatic carbocycles. The fourth-order valence-corrected chi connectivity index (χ4v) is 2.98. The zero-order valence-electron chi connectivity index (χ0n) is 15.1. The number of aromatic amines is 1. The molecule has 1 heterocycles. The molecule has 0 spiro atoms. The standard InChI is InChI=1S/C21H23N3O2/c1-3-12-24(21(26)22-17-10-8-15(2)9-11-17)14-16-13-20(25)23-19-7-5-4-6-18(16)19/h4-11,13H,3,12,14H2,1-2H3,(H,22,26)(H,23,25). The van der Waals surface area contributed by atoms with E-state index < -0.39 is 0 Å². The van der Waals surface area contributed by atoms with E-state index in [4.69, 9.17) is 0 Å². The number of aromatic nitrogens is 1. The van der Waals surface area contributed by atoms with E-state index in [0.29, 0.717) is 13.1 Å². The number of para-hydroxylation sites is 1. The number of rotatable bonds is 5. The fourth-order valence-electron chi connectivity index (χ4n) is 2.98. The largest absolute Gasteiger partial charge is 0.322 e. The number of carbonyl (C=O) groups is 1. The van der Waals surface area contributed by atoms with Crippen molar-refractivity contribution in [2.45, 2.75) is 26.8 Å². The SMILES string of the molecule is CCCN(Cc1cc(=O)[nH]c2ccccc12)C(=O)Nc1ccc(C)cc1. The lowest BCUT2D eigenvalue weighted by atomic mass is 10.1. The predicted molar refractivity (Wildman–Crippen MR) is 105 cm³/mol. The van der Waals surface area contributed by atoms with Gasteiger partial charge < -0.3 is 15.2 Å². The normalized spacial score (nSPS) is 10.7. The topological polar surface area (TPSA) is 65.2 Å². The molecule has 3 rings (SSSR count). The van der Waals surface area contributed by atoms with Crippen LogP contribution in [0.15, 0.2) is 59.4 Å². The average Bonchev–Trinajstić information content (AvgIpc) is 2.63. The molecule has 0 atom stereocenters. The molecule has 0 saturated heterocycles. The van der Waals surface area contributed by atoms with Crippen molar-refractivity contribution in [1.82, 2.24) is 9.88 Å². The number of fused-ring (bicyclic) bond motifs is 1. The smallest absolute Gasteiger partial charge is 0.322 e. The Labute approximate surface area is 152 Å². The van der Waals surface area contributed by atoms with Crippen molar-refractivity contribution in [2.24, 2.45) is 0 Å². The van der Waals surface area contributed by atoms with Crippen molar-refractivity contribution in [3.05, 3.63) is 76.1 Å². The van der Waals surface area contributed by atoms with Crippen LogP contribution in [0.3, 0.4) is 0 Å². The van der Waals surface area contributed by atoms with Crippen molar-refractivity contribution in [2.75, 3.05) is 11.9 Å². The number of benzene rings is 2. The van der Waals surface area contributed by atoms with E-state index in [1.807, 2.05) is 62.4 Å². The van der Waals surface area contributed by atoms with Gasteiger partial charge in [-0.15, -0.1) is 0 Å². The third-order valence-corrected chi connectivity index (χ3v) is 4.28. The van der Waals surface area contributed by atoms with E-state index in [1.54, 1.807) is 11.0 Å². The number of nitrogens with one attached hydrogen (secondary N) is 2. The highest BCUT2D eigenvalue weighted by Crippen LogP contribution is 2.18. The van der Waals surface area contributed by atoms with Crippen LogP contribution in [0.4, 0.5) is 10.5 Å². The average molecular weight is 349 g/mol. The summed E-state index contributed by atoms with van der Waals surface area (Å²) in [6.45, 7) is 5.03. The lowest BCUT2D eigenvalue weighted by Crippen LogP contribution is -2.35. The molecule has 0 unspecified atom stereocenters. The molecule has 0 bridgehead atoms. The van der Waals surface area contributed by atoms with Crippen LogP contribution in [0.25, 0.3) is 10.9 Å². The van der Waals surface area contributed by atoms with Gasteiger partial charge in [0.25, 0.3) is 0 Å². The number of nitrogens with zero attached hydrogens (tertiary/aromatic N) is 1. The number of H-pyrrole nitrogens is 1. The first-order valence-electron chi connectivity index (χ1n) is 8.80. The Morgan fingerprint density at radius 1 is 1.12 bits per heavy atom. The summed E-state index contributed by atoms with van der Waals surface area (Å²) < 4.78 is 0. The molecule has 0 aliphatic carbocycles. The lowest BCUT2D eigenvalue weighted by Gasteiger charge is -2.23. The Hall–Kier alpha value is -3.08. The Morgan fingerprint density at radius 2 is 1.85 bits per heavy atom. The number of aryl methyl sites for hydroxylation is 1. The van der Waals surface area contributed by atoms with Gasteiger partial charge in [-0.25, -0.2) is 4.79 Å². The number of amides is 2. The Balaban J connectivity index is 1.85. The summed E-state index contributed by atoms with van der Waals surface area (Å²) >= 11 is 0. The van der Waals surface area contributed by atoms with Crippen LogP contribution in [0, 0.1) is 6.92 Å². The highest BCUT2D eigenvalue weighted by molar-refractivity contribution is 5.90. The lowest BCUT2D eigenvalue weighted by molar-refractivity contribution is 0.209. The van der Waals surface area contributed by atoms with Gasteiger partial charge in [0.2, 0.25) is 5.56 Å². The van der Waals surface area contributed by atoms with Crippen molar-refractivity contribution >= 4 is 22.6 Å². The van der Waals surface area contributed by atoms with Gasteiger partial charge in [-0.05, 0) is 37.1 Å². The molecule has 0 fully saturated rings. The molecule has 0 aliphatic rings. The molecule has 1 aromatic heterocycles. The number of pyridine rings is 1. The monoisotopic (exact) mass is 349 g/mol. The number of hydrogen-bond acceptors (Lipinski definition) is 2. The van der Waals surface area contributed by atoms with Gasteiger partial charge in [0.05, 0.1) is 0 Å². The summed E-state index contributed by atoms with van der Waals surface area (Å²) in [5.74, 6) is 0. The van der Waals surface area contributed by atoms with Crippen molar-refractivity contribution in [3.8, 4) is 0 Å². The number of carbonyl (C=O) groups excluding carboxylic acids is 1. The van der Waals surface area contributed by atoms with E-state index in [2.05, 4.69) is 10.3 Å². The second-order valence-electron chi connectivity index (χ2n) is 6.42. The van der Waals surface area contributed by atoms with E-state index in [-0.39, 0.29) is 11.6 Å². The molecule has 2 N–H and O–H groups in total. The minimum Gasteiger partial charge on any atom is -0.322 e. The minimum absolute atomic E-state index is 0.158. The van der Waals surface area contributed by atoms with Crippen LogP contribution in [-0.2, 0) is 6.54 Å². The first-order valence-corrected chi connectivity index (χ1v) is 8.80. The first kappa shape index (κ1) is 17.7. The summed E-state index contributed by atoms with van der Waals surface area (Å²) in [4.78, 5) is 29.3. The molecule has 5 heteroatoms. The van der Waals surface area contributed by atoms with E-state index in [0.717, 1.165) is 34.1 Å². The highest BCUT2D eigenvalue weighted by Gasteiger charge is 2.15.